The first kappa shape index (κ1) is 40.4. The molecule has 6 heteroatoms. The van der Waals surface area contributed by atoms with Gasteiger partial charge in [-0.3, -0.25) is 0 Å². The zero-order valence-electron chi connectivity index (χ0n) is 37.0. The second-order valence-electron chi connectivity index (χ2n) is 19.3. The molecule has 0 N–H and O–H groups in total. The van der Waals surface area contributed by atoms with Gasteiger partial charge in [0.15, 0.2) is 0 Å². The molecule has 9 aromatic rings. The van der Waals surface area contributed by atoms with Crippen LogP contribution in [0.1, 0.15) is 76.3 Å². The summed E-state index contributed by atoms with van der Waals surface area (Å²) in [7, 11) is 0. The maximum Gasteiger partial charge on any atom is 0.135 e. The van der Waals surface area contributed by atoms with Crippen molar-refractivity contribution < 1.29 is 25.8 Å². The van der Waals surface area contributed by atoms with E-state index < -0.39 is 0 Å². The largest absolute Gasteiger partial charge is 0.509 e. The number of fused-ring (bicyclic) bond motifs is 10. The number of hydrogen-bond donors (Lipinski definition) is 0. The molecule has 3 heterocycles. The molecule has 0 bridgehead atoms. The van der Waals surface area contributed by atoms with Gasteiger partial charge in [-0.1, -0.05) is 139 Å². The number of hydrogen-bond acceptors (Lipinski definition) is 4. The van der Waals surface area contributed by atoms with Gasteiger partial charge in [0, 0.05) is 83.3 Å². The molecule has 0 saturated carbocycles. The first-order valence-electron chi connectivity index (χ1n) is 22.0. The van der Waals surface area contributed by atoms with Crippen LogP contribution >= 0.6 is 0 Å². The summed E-state index contributed by atoms with van der Waals surface area (Å²) in [6, 6.07) is 59.6. The number of anilines is 4. The number of aromatic nitrogens is 2. The molecular formula is C58H47N4OPt-3. The Kier molecular flexibility index (Phi) is 9.01. The topological polar surface area (TPSA) is 33.5 Å². The van der Waals surface area contributed by atoms with Gasteiger partial charge in [0.25, 0.3) is 0 Å². The minimum Gasteiger partial charge on any atom is -0.509 e. The van der Waals surface area contributed by atoms with Crippen molar-refractivity contribution in [1.82, 2.24) is 9.55 Å². The van der Waals surface area contributed by atoms with Gasteiger partial charge in [-0.2, -0.15) is 12.1 Å². The van der Waals surface area contributed by atoms with Gasteiger partial charge in [0.05, 0.1) is 0 Å². The monoisotopic (exact) mass is 1010 g/mol. The van der Waals surface area contributed by atoms with E-state index in [9.17, 15) is 0 Å². The third-order valence-electron chi connectivity index (χ3n) is 13.9. The summed E-state index contributed by atoms with van der Waals surface area (Å²) in [6.45, 7) is 18.5. The number of para-hydroxylation sites is 3. The zero-order chi connectivity index (χ0) is 43.0. The Morgan fingerprint density at radius 2 is 1.19 bits per heavy atom. The van der Waals surface area contributed by atoms with Crippen LogP contribution < -0.4 is 14.5 Å². The summed E-state index contributed by atoms with van der Waals surface area (Å²) in [5.74, 6) is 2.07. The Balaban J connectivity index is 0.00000456. The Morgan fingerprint density at radius 3 is 1.88 bits per heavy atom. The Morgan fingerprint density at radius 1 is 0.578 bits per heavy atom. The van der Waals surface area contributed by atoms with Gasteiger partial charge in [0.2, 0.25) is 0 Å². The van der Waals surface area contributed by atoms with Crippen LogP contribution in [-0.4, -0.2) is 9.55 Å². The van der Waals surface area contributed by atoms with E-state index in [1.54, 1.807) is 0 Å². The van der Waals surface area contributed by atoms with E-state index in [4.69, 9.17) is 9.72 Å². The van der Waals surface area contributed by atoms with Crippen molar-refractivity contribution in [3.63, 3.8) is 0 Å². The average molecular weight is 1010 g/mol. The third-order valence-corrected chi connectivity index (χ3v) is 13.9. The summed E-state index contributed by atoms with van der Waals surface area (Å²) >= 11 is 0. The predicted molar refractivity (Wildman–Crippen MR) is 258 cm³/mol. The molecule has 0 atom stereocenters. The summed E-state index contributed by atoms with van der Waals surface area (Å²) in [4.78, 5) is 9.56. The Hall–Kier alpha value is -6.42. The smallest absolute Gasteiger partial charge is 0.135 e. The molecule has 7 aromatic carbocycles. The van der Waals surface area contributed by atoms with Crippen molar-refractivity contribution in [2.75, 3.05) is 9.80 Å². The van der Waals surface area contributed by atoms with Crippen LogP contribution in [0, 0.1) is 18.8 Å². The molecule has 0 unspecified atom stereocenters. The van der Waals surface area contributed by atoms with Crippen molar-refractivity contribution in [2.45, 2.75) is 64.7 Å². The molecule has 2 aliphatic carbocycles. The van der Waals surface area contributed by atoms with Crippen LogP contribution in [-0.2, 0) is 37.3 Å². The van der Waals surface area contributed by atoms with Gasteiger partial charge < -0.3 is 19.1 Å². The molecule has 3 aliphatic rings. The molecule has 64 heavy (non-hydrogen) atoms. The number of benzene rings is 7. The van der Waals surface area contributed by atoms with E-state index >= 15 is 0 Å². The van der Waals surface area contributed by atoms with Crippen LogP contribution in [0.5, 0.6) is 11.5 Å². The summed E-state index contributed by atoms with van der Waals surface area (Å²) in [5, 5.41) is 2.24. The van der Waals surface area contributed by atoms with Crippen molar-refractivity contribution in [2.24, 2.45) is 0 Å². The van der Waals surface area contributed by atoms with E-state index in [1.165, 1.54) is 55.8 Å². The maximum atomic E-state index is 6.70. The normalized spacial score (nSPS) is 15.1. The molecule has 0 saturated heterocycles. The molecule has 12 rings (SSSR count). The van der Waals surface area contributed by atoms with Gasteiger partial charge in [-0.25, -0.2) is 4.98 Å². The quantitative estimate of drug-likeness (QED) is 0.161. The number of ether oxygens (including phenoxy) is 1. The van der Waals surface area contributed by atoms with Crippen molar-refractivity contribution in [3.05, 3.63) is 198 Å². The fraction of sp³-hybridized carbons (Fsp3) is 0.172. The second-order valence-corrected chi connectivity index (χ2v) is 19.3. The van der Waals surface area contributed by atoms with E-state index in [-0.39, 0.29) is 37.3 Å². The van der Waals surface area contributed by atoms with Crippen LogP contribution in [0.4, 0.5) is 22.7 Å². The third kappa shape index (κ3) is 5.83. The van der Waals surface area contributed by atoms with Crippen LogP contribution in [0.3, 0.4) is 0 Å². The van der Waals surface area contributed by atoms with Crippen LogP contribution in [0.15, 0.2) is 152 Å². The number of pyridine rings is 1. The number of rotatable bonds is 5. The summed E-state index contributed by atoms with van der Waals surface area (Å²) in [5.41, 5.74) is 17.8. The molecule has 2 aromatic heterocycles. The molecular weight excluding hydrogens is 964 g/mol. The Labute approximate surface area is 390 Å². The molecule has 0 fully saturated rings. The van der Waals surface area contributed by atoms with Crippen LogP contribution in [0.2, 0.25) is 0 Å². The van der Waals surface area contributed by atoms with Gasteiger partial charge in [-0.05, 0) is 80.1 Å². The minimum absolute atomic E-state index is 0. The minimum atomic E-state index is -0.166. The van der Waals surface area contributed by atoms with Crippen molar-refractivity contribution in [3.8, 4) is 39.6 Å². The Bertz CT molecular complexity index is 3290. The van der Waals surface area contributed by atoms with E-state index in [1.807, 2.05) is 24.4 Å². The molecule has 318 valence electrons. The average Bonchev–Trinajstić information content (AvgIpc) is 3.97. The first-order valence-corrected chi connectivity index (χ1v) is 22.0. The van der Waals surface area contributed by atoms with Gasteiger partial charge in [0.1, 0.15) is 5.82 Å². The standard InChI is InChI=1S/C58H47N4O.Pt/c1-56(2,3)36-29-30-59-52(31-36)62-48-24-13-10-19-40(48)41-28-27-39(33-51(41)62)63-38-18-16-17-37(32-38)60-35-61(50-26-15-14-25-49(50)60)55-53-42-20-8-11-22-44(42)57(4,5)46(53)34-47-54(55)43-21-9-12-23-45(43)58(47,6)7;/h8-31,34-35H,1-7H3;/q-3;. The van der Waals surface area contributed by atoms with E-state index in [2.05, 4.69) is 209 Å². The summed E-state index contributed by atoms with van der Waals surface area (Å²) in [6.07, 6.45) is 1.91. The zero-order valence-corrected chi connectivity index (χ0v) is 39.3. The van der Waals surface area contributed by atoms with Crippen LogP contribution in [0.25, 0.3) is 49.9 Å². The van der Waals surface area contributed by atoms with Crippen molar-refractivity contribution in [1.29, 1.82) is 0 Å². The van der Waals surface area contributed by atoms with Crippen molar-refractivity contribution >= 4 is 44.6 Å². The summed E-state index contributed by atoms with van der Waals surface area (Å²) < 4.78 is 8.90. The molecule has 5 nitrogen and oxygen atoms in total. The molecule has 0 spiro atoms. The molecule has 1 aliphatic heterocycles. The van der Waals surface area contributed by atoms with E-state index in [0.29, 0.717) is 11.5 Å². The maximum absolute atomic E-state index is 6.70. The SMILES string of the molecule is CC(C)(C)c1ccnc(-n2c3[c-]c(Oc4[c-]c(N5[CH-]N(c6c7c(cc8c6-c6ccccc6C8(C)C)C(C)(C)c6ccccc6-7)c6ccccc65)ccc4)ccc3c3ccccc32)c1.[Pt]. The number of nitrogens with zero attached hydrogens (tertiary/aromatic N) is 4. The fourth-order valence-corrected chi connectivity index (χ4v) is 10.6. The molecule has 0 radical (unpaired) electrons. The fourth-order valence-electron chi connectivity index (χ4n) is 10.6. The predicted octanol–water partition coefficient (Wildman–Crippen LogP) is 14.9. The van der Waals surface area contributed by atoms with Gasteiger partial charge >= 0.3 is 0 Å². The van der Waals surface area contributed by atoms with E-state index in [0.717, 1.165) is 44.7 Å². The van der Waals surface area contributed by atoms with Gasteiger partial charge in [-0.15, -0.1) is 48.1 Å². The molecule has 0 amide bonds. The first-order chi connectivity index (χ1) is 30.4. The second kappa shape index (κ2) is 14.3.